The van der Waals surface area contributed by atoms with Crippen molar-refractivity contribution in [1.82, 2.24) is 15.2 Å². The minimum absolute atomic E-state index is 0.00902. The highest BCUT2D eigenvalue weighted by molar-refractivity contribution is 6.32. The van der Waals surface area contributed by atoms with Crippen LogP contribution in [0, 0.1) is 28.1 Å². The molecule has 2 heterocycles. The molecule has 1 aromatic heterocycles. The van der Waals surface area contributed by atoms with Crippen molar-refractivity contribution in [3.63, 3.8) is 0 Å². The topological polar surface area (TPSA) is 181 Å². The summed E-state index contributed by atoms with van der Waals surface area (Å²) in [4.78, 5) is 17.8. The highest BCUT2D eigenvalue weighted by Gasteiger charge is 2.53. The van der Waals surface area contributed by atoms with E-state index in [2.05, 4.69) is 27.3 Å². The molecular weight excluding hydrogens is 686 g/mol. The van der Waals surface area contributed by atoms with Crippen molar-refractivity contribution in [2.75, 3.05) is 39.5 Å². The van der Waals surface area contributed by atoms with Gasteiger partial charge in [-0.05, 0) is 49.1 Å². The first-order chi connectivity index (χ1) is 25.1. The van der Waals surface area contributed by atoms with Gasteiger partial charge in [0.1, 0.15) is 47.8 Å². The van der Waals surface area contributed by atoms with Crippen molar-refractivity contribution in [3.8, 4) is 23.6 Å². The molecule has 1 fully saturated rings. The van der Waals surface area contributed by atoms with Crippen LogP contribution < -0.4 is 14.8 Å². The number of nitrogens with zero attached hydrogens (tertiary/aromatic N) is 4. The first-order valence-electron chi connectivity index (χ1n) is 17.0. The van der Waals surface area contributed by atoms with Gasteiger partial charge in [-0.1, -0.05) is 54.1 Å². The summed E-state index contributed by atoms with van der Waals surface area (Å²) >= 11 is 6.79. The molecule has 13 heteroatoms. The molecule has 3 aromatic rings. The molecule has 3 unspecified atom stereocenters. The summed E-state index contributed by atoms with van der Waals surface area (Å²) in [5, 5.41) is 52.1. The zero-order valence-electron chi connectivity index (χ0n) is 28.9. The number of aromatic nitrogens is 1. The second-order valence-corrected chi connectivity index (χ2v) is 13.4. The number of nitrogens with one attached hydrogen (secondary N) is 1. The largest absolute Gasteiger partial charge is 0.488 e. The van der Waals surface area contributed by atoms with Crippen molar-refractivity contribution in [2.45, 2.75) is 50.7 Å². The Morgan fingerprint density at radius 2 is 1.98 bits per heavy atom. The average molecular weight is 728 g/mol. The van der Waals surface area contributed by atoms with Crippen LogP contribution in [-0.2, 0) is 22.7 Å². The third kappa shape index (κ3) is 8.98. The lowest BCUT2D eigenvalue weighted by molar-refractivity contribution is -0.140. The Labute approximate surface area is 308 Å². The number of pyridine rings is 1. The molecule has 52 heavy (non-hydrogen) atoms. The molecule has 12 nitrogen and oxygen atoms in total. The van der Waals surface area contributed by atoms with Crippen LogP contribution in [0.15, 0.2) is 79.2 Å². The van der Waals surface area contributed by atoms with Crippen LogP contribution in [0.1, 0.15) is 42.0 Å². The number of nitriles is 2. The summed E-state index contributed by atoms with van der Waals surface area (Å²) in [6.45, 7) is 3.62. The van der Waals surface area contributed by atoms with E-state index >= 15 is 0 Å². The summed E-state index contributed by atoms with van der Waals surface area (Å²) in [6, 6.07) is 17.8. The fourth-order valence-electron chi connectivity index (χ4n) is 6.40. The van der Waals surface area contributed by atoms with Gasteiger partial charge in [0, 0.05) is 62.4 Å². The van der Waals surface area contributed by atoms with Crippen LogP contribution in [-0.4, -0.2) is 88.4 Å². The quantitative estimate of drug-likeness (QED) is 0.143. The number of aliphatic hydroxyl groups is 2. The molecule has 1 saturated heterocycles. The number of rotatable bonds is 17. The fourth-order valence-corrected chi connectivity index (χ4v) is 6.64. The molecular formula is C39H42ClN5O7. The zero-order chi connectivity index (χ0) is 37.1. The van der Waals surface area contributed by atoms with E-state index in [9.17, 15) is 30.6 Å². The van der Waals surface area contributed by atoms with Crippen LogP contribution >= 0.6 is 11.6 Å². The van der Waals surface area contributed by atoms with Crippen LogP contribution in [0.5, 0.6) is 11.5 Å². The number of carbonyl (C=O) groups is 1. The van der Waals surface area contributed by atoms with Gasteiger partial charge in [0.05, 0.1) is 29.4 Å². The third-order valence-electron chi connectivity index (χ3n) is 9.44. The van der Waals surface area contributed by atoms with Gasteiger partial charge in [-0.25, -0.2) is 0 Å². The molecule has 2 aromatic carbocycles. The van der Waals surface area contributed by atoms with Crippen LogP contribution in [0.25, 0.3) is 5.57 Å². The molecule has 5 rings (SSSR count). The summed E-state index contributed by atoms with van der Waals surface area (Å²) in [6.07, 6.45) is 9.73. The lowest BCUT2D eigenvalue weighted by atomic mass is 9.65. The van der Waals surface area contributed by atoms with E-state index in [1.54, 1.807) is 24.4 Å². The van der Waals surface area contributed by atoms with Crippen molar-refractivity contribution in [2.24, 2.45) is 5.41 Å². The van der Waals surface area contributed by atoms with E-state index in [1.165, 1.54) is 6.20 Å². The molecule has 4 N–H and O–H groups in total. The van der Waals surface area contributed by atoms with Gasteiger partial charge in [-0.15, -0.1) is 0 Å². The Morgan fingerprint density at radius 3 is 2.67 bits per heavy atom. The van der Waals surface area contributed by atoms with Crippen molar-refractivity contribution in [3.05, 3.63) is 106 Å². The molecule has 0 amide bonds. The standard InChI is InChI=1S/C39H42ClN5O7/c1-38(25-42)32(29-7-3-2-4-8-29)9-5-11-39(38,52-14-6-12-45-13-10-31(47)22-45)26-51-36-17-35(50-24-28-15-27(18-41)19-43-20-28)30(16-33(36)40)21-44-34(23-46)37(48)49/h2-5,7-9,11,15-17,19-20,31,34,44,46-47H,6,10,12-14,21-24,26H2,1H3,(H,48,49)/t31-,34?,38?,39?/m1/s1. The molecule has 1 aliphatic carbocycles. The van der Waals surface area contributed by atoms with E-state index in [0.717, 1.165) is 30.6 Å². The normalized spacial score (nSPS) is 21.9. The second kappa shape index (κ2) is 17.6. The number of halogens is 1. The van der Waals surface area contributed by atoms with E-state index in [0.29, 0.717) is 42.0 Å². The molecule has 272 valence electrons. The lowest BCUT2D eigenvalue weighted by Gasteiger charge is -2.45. The van der Waals surface area contributed by atoms with E-state index in [-0.39, 0.29) is 36.6 Å². The summed E-state index contributed by atoms with van der Waals surface area (Å²) in [7, 11) is 0. The Bertz CT molecular complexity index is 1860. The number of hydrogen-bond acceptors (Lipinski definition) is 11. The second-order valence-electron chi connectivity index (χ2n) is 13.0. The van der Waals surface area contributed by atoms with Gasteiger partial charge in [0.15, 0.2) is 0 Å². The molecule has 0 bridgehead atoms. The Hall–Kier alpha value is -4.79. The maximum Gasteiger partial charge on any atom is 0.323 e. The summed E-state index contributed by atoms with van der Waals surface area (Å²) < 4.78 is 19.3. The molecule has 2 aliphatic rings. The zero-order valence-corrected chi connectivity index (χ0v) is 29.6. The maximum absolute atomic E-state index is 11.6. The van der Waals surface area contributed by atoms with Crippen LogP contribution in [0.2, 0.25) is 5.02 Å². The van der Waals surface area contributed by atoms with E-state index in [4.69, 9.17) is 25.8 Å². The lowest BCUT2D eigenvalue weighted by Crippen LogP contribution is -2.53. The van der Waals surface area contributed by atoms with Gasteiger partial charge >= 0.3 is 5.97 Å². The number of allylic oxidation sites excluding steroid dienone is 2. The summed E-state index contributed by atoms with van der Waals surface area (Å²) in [5.41, 5.74) is 0.677. The van der Waals surface area contributed by atoms with E-state index in [1.807, 2.05) is 55.5 Å². The van der Waals surface area contributed by atoms with Crippen molar-refractivity contribution in [1.29, 1.82) is 10.5 Å². The number of likely N-dealkylation sites (tertiary alicyclic amines) is 1. The fraction of sp³-hybridized carbons (Fsp3) is 0.385. The number of aliphatic hydroxyl groups excluding tert-OH is 2. The Kier molecular flexibility index (Phi) is 13.0. The average Bonchev–Trinajstić information content (AvgIpc) is 3.58. The number of benzene rings is 2. The van der Waals surface area contributed by atoms with Gasteiger partial charge in [0.2, 0.25) is 0 Å². The predicted octanol–water partition coefficient (Wildman–Crippen LogP) is 4.49. The van der Waals surface area contributed by atoms with Gasteiger partial charge < -0.3 is 34.4 Å². The van der Waals surface area contributed by atoms with E-state index < -0.39 is 29.6 Å². The minimum Gasteiger partial charge on any atom is -0.488 e. The third-order valence-corrected chi connectivity index (χ3v) is 9.74. The highest BCUT2D eigenvalue weighted by atomic mass is 35.5. The molecule has 0 radical (unpaired) electrons. The summed E-state index contributed by atoms with van der Waals surface area (Å²) in [5.74, 6) is -0.672. The predicted molar refractivity (Wildman–Crippen MR) is 193 cm³/mol. The van der Waals surface area contributed by atoms with Crippen molar-refractivity contribution >= 4 is 23.1 Å². The number of carboxylic acid groups (broad SMARTS) is 1. The number of ether oxygens (including phenoxy) is 3. The smallest absolute Gasteiger partial charge is 0.323 e. The van der Waals surface area contributed by atoms with Gasteiger partial charge in [-0.3, -0.25) is 15.1 Å². The minimum atomic E-state index is -1.25. The maximum atomic E-state index is 11.6. The number of carboxylic acids is 1. The van der Waals surface area contributed by atoms with Gasteiger partial charge in [-0.2, -0.15) is 10.5 Å². The Morgan fingerprint density at radius 1 is 1.17 bits per heavy atom. The van der Waals surface area contributed by atoms with Crippen LogP contribution in [0.3, 0.4) is 0 Å². The first-order valence-corrected chi connectivity index (χ1v) is 17.4. The Balaban J connectivity index is 1.44. The monoisotopic (exact) mass is 727 g/mol. The number of hydrogen-bond donors (Lipinski definition) is 4. The first kappa shape index (κ1) is 38.4. The number of aliphatic carboxylic acids is 1. The van der Waals surface area contributed by atoms with Crippen LogP contribution in [0.4, 0.5) is 0 Å². The molecule has 0 spiro atoms. The van der Waals surface area contributed by atoms with Gasteiger partial charge in [0.25, 0.3) is 0 Å². The van der Waals surface area contributed by atoms with Crippen molar-refractivity contribution < 1.29 is 34.3 Å². The highest BCUT2D eigenvalue weighted by Crippen LogP contribution is 2.49. The molecule has 4 atom stereocenters. The number of β-amino-alcohol motifs (C(OH)–C–C–N with tert-alkyl or cyclic N) is 1. The SMILES string of the molecule is CC1(C#N)C(c2ccccc2)=CC=CC1(COc1cc(OCc2cncc(C#N)c2)c(CNC(CO)C(=O)O)cc1Cl)OCCCN1CC[C@@H](O)C1. The molecule has 0 saturated carbocycles. The molecule has 1 aliphatic heterocycles.